The summed E-state index contributed by atoms with van der Waals surface area (Å²) in [5.74, 6) is 1.26. The van der Waals surface area contributed by atoms with Gasteiger partial charge < -0.3 is 25.0 Å². The van der Waals surface area contributed by atoms with Gasteiger partial charge in [-0.1, -0.05) is 13.0 Å². The quantitative estimate of drug-likeness (QED) is 0.622. The molecule has 19 heavy (non-hydrogen) atoms. The predicted molar refractivity (Wildman–Crippen MR) is 73.6 cm³/mol. The third-order valence-corrected chi connectivity index (χ3v) is 2.88. The molecule has 3 N–H and O–H groups in total. The SMILES string of the molecule is CCC(CO)NCc1ccc(OCCO)c(OC)c1. The molecule has 0 radical (unpaired) electrons. The smallest absolute Gasteiger partial charge is 0.161 e. The maximum Gasteiger partial charge on any atom is 0.161 e. The highest BCUT2D eigenvalue weighted by molar-refractivity contribution is 5.42. The van der Waals surface area contributed by atoms with Crippen molar-refractivity contribution in [3.05, 3.63) is 23.8 Å². The Labute approximate surface area is 114 Å². The van der Waals surface area contributed by atoms with Crippen LogP contribution in [0.15, 0.2) is 18.2 Å². The fraction of sp³-hybridized carbons (Fsp3) is 0.571. The number of nitrogens with one attached hydrogen (secondary N) is 1. The number of methoxy groups -OCH3 is 1. The van der Waals surface area contributed by atoms with E-state index in [1.54, 1.807) is 7.11 Å². The maximum atomic E-state index is 9.12. The molecule has 0 saturated carbocycles. The number of aliphatic hydroxyl groups is 2. The molecule has 0 heterocycles. The number of ether oxygens (including phenoxy) is 2. The number of hydrogen-bond donors (Lipinski definition) is 3. The van der Waals surface area contributed by atoms with Crippen molar-refractivity contribution >= 4 is 0 Å². The number of aliphatic hydroxyl groups excluding tert-OH is 2. The number of rotatable bonds is 9. The van der Waals surface area contributed by atoms with Gasteiger partial charge in [-0.05, 0) is 24.1 Å². The zero-order chi connectivity index (χ0) is 14.1. The van der Waals surface area contributed by atoms with Gasteiger partial charge in [-0.2, -0.15) is 0 Å². The van der Waals surface area contributed by atoms with Crippen molar-refractivity contribution in [1.29, 1.82) is 0 Å². The molecule has 1 unspecified atom stereocenters. The molecule has 0 aromatic heterocycles. The van der Waals surface area contributed by atoms with E-state index in [4.69, 9.17) is 19.7 Å². The molecule has 0 saturated heterocycles. The molecule has 0 fully saturated rings. The summed E-state index contributed by atoms with van der Waals surface area (Å²) in [5.41, 5.74) is 1.06. The first-order valence-electron chi connectivity index (χ1n) is 6.50. The van der Waals surface area contributed by atoms with Gasteiger partial charge in [0.15, 0.2) is 11.5 Å². The van der Waals surface area contributed by atoms with Crippen molar-refractivity contribution in [3.8, 4) is 11.5 Å². The molecule has 1 atom stereocenters. The van der Waals surface area contributed by atoms with Crippen LogP contribution >= 0.6 is 0 Å². The maximum absolute atomic E-state index is 9.12. The fourth-order valence-electron chi connectivity index (χ4n) is 1.70. The van der Waals surface area contributed by atoms with Gasteiger partial charge in [0.05, 0.1) is 20.3 Å². The van der Waals surface area contributed by atoms with E-state index in [0.29, 0.717) is 18.0 Å². The van der Waals surface area contributed by atoms with Crippen LogP contribution in [0.3, 0.4) is 0 Å². The summed E-state index contributed by atoms with van der Waals surface area (Å²) in [6, 6.07) is 5.76. The molecule has 108 valence electrons. The van der Waals surface area contributed by atoms with E-state index in [9.17, 15) is 0 Å². The van der Waals surface area contributed by atoms with E-state index >= 15 is 0 Å². The van der Waals surface area contributed by atoms with Crippen LogP contribution in [-0.2, 0) is 6.54 Å². The first kappa shape index (κ1) is 15.8. The molecule has 5 heteroatoms. The zero-order valence-electron chi connectivity index (χ0n) is 11.6. The molecular weight excluding hydrogens is 246 g/mol. The van der Waals surface area contributed by atoms with Gasteiger partial charge in [0.1, 0.15) is 6.61 Å². The minimum Gasteiger partial charge on any atom is -0.493 e. The minimum atomic E-state index is -0.0266. The van der Waals surface area contributed by atoms with Gasteiger partial charge in [0.2, 0.25) is 0 Å². The van der Waals surface area contributed by atoms with E-state index in [-0.39, 0.29) is 25.9 Å². The Balaban J connectivity index is 2.65. The van der Waals surface area contributed by atoms with Gasteiger partial charge in [-0.15, -0.1) is 0 Å². The standard InChI is InChI=1S/C14H23NO4/c1-3-12(10-17)15-9-11-4-5-13(19-7-6-16)14(8-11)18-2/h4-5,8,12,15-17H,3,6-7,9-10H2,1-2H3. The molecule has 0 aliphatic carbocycles. The lowest BCUT2D eigenvalue weighted by Crippen LogP contribution is -2.31. The highest BCUT2D eigenvalue weighted by Crippen LogP contribution is 2.27. The van der Waals surface area contributed by atoms with Gasteiger partial charge >= 0.3 is 0 Å². The monoisotopic (exact) mass is 269 g/mol. The number of benzene rings is 1. The number of hydrogen-bond acceptors (Lipinski definition) is 5. The Morgan fingerprint density at radius 3 is 2.63 bits per heavy atom. The Bertz CT molecular complexity index is 366. The summed E-state index contributed by atoms with van der Waals surface area (Å²) in [5, 5.41) is 21.1. The molecule has 1 aromatic rings. The van der Waals surface area contributed by atoms with E-state index in [2.05, 4.69) is 5.32 Å². The first-order chi connectivity index (χ1) is 9.24. The molecule has 0 spiro atoms. The second-order valence-corrected chi connectivity index (χ2v) is 4.23. The van der Waals surface area contributed by atoms with Crippen LogP contribution in [0, 0.1) is 0 Å². The second-order valence-electron chi connectivity index (χ2n) is 4.23. The molecule has 0 bridgehead atoms. The molecular formula is C14H23NO4. The van der Waals surface area contributed by atoms with Crippen molar-refractivity contribution in [2.45, 2.75) is 25.9 Å². The van der Waals surface area contributed by atoms with E-state index < -0.39 is 0 Å². The van der Waals surface area contributed by atoms with Crippen LogP contribution in [0.5, 0.6) is 11.5 Å². The average molecular weight is 269 g/mol. The van der Waals surface area contributed by atoms with E-state index in [1.807, 2.05) is 25.1 Å². The van der Waals surface area contributed by atoms with Gasteiger partial charge in [0, 0.05) is 12.6 Å². The summed E-state index contributed by atoms with van der Waals surface area (Å²) in [4.78, 5) is 0. The third-order valence-electron chi connectivity index (χ3n) is 2.88. The Morgan fingerprint density at radius 2 is 2.05 bits per heavy atom. The summed E-state index contributed by atoms with van der Waals surface area (Å²) < 4.78 is 10.6. The molecule has 0 aliphatic heterocycles. The minimum absolute atomic E-state index is 0.0266. The highest BCUT2D eigenvalue weighted by atomic mass is 16.5. The Kier molecular flexibility index (Phi) is 7.25. The largest absolute Gasteiger partial charge is 0.493 e. The lowest BCUT2D eigenvalue weighted by Gasteiger charge is -2.15. The summed E-state index contributed by atoms with van der Waals surface area (Å²) in [6.45, 7) is 3.04. The summed E-state index contributed by atoms with van der Waals surface area (Å²) in [6.07, 6.45) is 0.880. The van der Waals surface area contributed by atoms with Crippen LogP contribution < -0.4 is 14.8 Å². The fourth-order valence-corrected chi connectivity index (χ4v) is 1.70. The summed E-state index contributed by atoms with van der Waals surface area (Å²) in [7, 11) is 1.58. The van der Waals surface area contributed by atoms with Crippen molar-refractivity contribution in [2.24, 2.45) is 0 Å². The van der Waals surface area contributed by atoms with Crippen LogP contribution in [0.4, 0.5) is 0 Å². The van der Waals surface area contributed by atoms with Crippen molar-refractivity contribution in [2.75, 3.05) is 26.9 Å². The van der Waals surface area contributed by atoms with Crippen LogP contribution in [-0.4, -0.2) is 43.2 Å². The van der Waals surface area contributed by atoms with Crippen molar-refractivity contribution in [3.63, 3.8) is 0 Å². The molecule has 1 aromatic carbocycles. The van der Waals surface area contributed by atoms with Gasteiger partial charge in [-0.3, -0.25) is 0 Å². The van der Waals surface area contributed by atoms with Crippen LogP contribution in [0.1, 0.15) is 18.9 Å². The summed E-state index contributed by atoms with van der Waals surface area (Å²) >= 11 is 0. The van der Waals surface area contributed by atoms with E-state index in [0.717, 1.165) is 12.0 Å². The average Bonchev–Trinajstić information content (AvgIpc) is 2.46. The Morgan fingerprint density at radius 1 is 1.26 bits per heavy atom. The predicted octanol–water partition coefficient (Wildman–Crippen LogP) is 0.927. The topological polar surface area (TPSA) is 71.0 Å². The van der Waals surface area contributed by atoms with Gasteiger partial charge in [0.25, 0.3) is 0 Å². The van der Waals surface area contributed by atoms with Crippen molar-refractivity contribution < 1.29 is 19.7 Å². The first-order valence-corrected chi connectivity index (χ1v) is 6.50. The zero-order valence-corrected chi connectivity index (χ0v) is 11.6. The second kappa shape index (κ2) is 8.74. The lowest BCUT2D eigenvalue weighted by atomic mass is 10.1. The van der Waals surface area contributed by atoms with Gasteiger partial charge in [-0.25, -0.2) is 0 Å². The van der Waals surface area contributed by atoms with Crippen molar-refractivity contribution in [1.82, 2.24) is 5.32 Å². The highest BCUT2D eigenvalue weighted by Gasteiger charge is 2.07. The Hall–Kier alpha value is -1.30. The van der Waals surface area contributed by atoms with Crippen LogP contribution in [0.2, 0.25) is 0 Å². The normalized spacial score (nSPS) is 12.2. The van der Waals surface area contributed by atoms with E-state index in [1.165, 1.54) is 0 Å². The lowest BCUT2D eigenvalue weighted by molar-refractivity contribution is 0.196. The molecule has 5 nitrogen and oxygen atoms in total. The molecule has 0 aliphatic rings. The third kappa shape index (κ3) is 5.06. The molecule has 0 amide bonds. The van der Waals surface area contributed by atoms with Crippen LogP contribution in [0.25, 0.3) is 0 Å². The molecule has 1 rings (SSSR count).